The molecular weight excluding hydrogens is 236 g/mol. The molecule has 2 unspecified atom stereocenters. The summed E-state index contributed by atoms with van der Waals surface area (Å²) in [5.74, 6) is 0.473. The van der Waals surface area contributed by atoms with Crippen molar-refractivity contribution < 1.29 is 4.79 Å². The summed E-state index contributed by atoms with van der Waals surface area (Å²) in [7, 11) is 0. The minimum Gasteiger partial charge on any atom is -0.382 e. The van der Waals surface area contributed by atoms with Crippen LogP contribution in [0.15, 0.2) is 24.3 Å². The van der Waals surface area contributed by atoms with Gasteiger partial charge in [-0.05, 0) is 30.4 Å². The van der Waals surface area contributed by atoms with Gasteiger partial charge in [-0.25, -0.2) is 0 Å². The topological polar surface area (TPSA) is 55.1 Å². The van der Waals surface area contributed by atoms with Gasteiger partial charge in [-0.15, -0.1) is 0 Å². The van der Waals surface area contributed by atoms with Crippen molar-refractivity contribution in [3.8, 4) is 0 Å². The van der Waals surface area contributed by atoms with Crippen LogP contribution in [0, 0.1) is 5.92 Å². The van der Waals surface area contributed by atoms with Crippen molar-refractivity contribution in [2.75, 3.05) is 5.32 Å². The van der Waals surface area contributed by atoms with E-state index < -0.39 is 0 Å². The van der Waals surface area contributed by atoms with E-state index in [1.54, 1.807) is 0 Å². The van der Waals surface area contributed by atoms with Gasteiger partial charge in [0.15, 0.2) is 0 Å². The molecule has 1 aromatic rings. The second-order valence-corrected chi connectivity index (χ2v) is 5.50. The fourth-order valence-electron chi connectivity index (χ4n) is 3.09. The van der Waals surface area contributed by atoms with Crippen molar-refractivity contribution in [3.05, 3.63) is 29.8 Å². The summed E-state index contributed by atoms with van der Waals surface area (Å²) in [6.07, 6.45) is 6.71. The number of rotatable bonds is 5. The molecule has 3 N–H and O–H groups in total. The Morgan fingerprint density at radius 3 is 2.79 bits per heavy atom. The molecule has 2 rings (SSSR count). The molecule has 0 spiro atoms. The zero-order valence-electron chi connectivity index (χ0n) is 11.7. The average molecular weight is 260 g/mol. The van der Waals surface area contributed by atoms with E-state index in [0.717, 1.165) is 17.2 Å². The van der Waals surface area contributed by atoms with Gasteiger partial charge in [-0.3, -0.25) is 4.79 Å². The Morgan fingerprint density at radius 2 is 2.05 bits per heavy atom. The molecule has 1 aliphatic carbocycles. The number of nitrogens with two attached hydrogens (primary N) is 1. The normalized spacial score (nSPS) is 23.0. The number of benzene rings is 1. The maximum absolute atomic E-state index is 11.1. The zero-order valence-corrected chi connectivity index (χ0v) is 11.7. The number of para-hydroxylation sites is 1. The lowest BCUT2D eigenvalue weighted by atomic mass is 9.82. The maximum Gasteiger partial charge on any atom is 0.221 e. The molecule has 0 aromatic heterocycles. The second-order valence-electron chi connectivity index (χ2n) is 5.50. The lowest BCUT2D eigenvalue weighted by Crippen LogP contribution is -2.32. The van der Waals surface area contributed by atoms with Crippen molar-refractivity contribution >= 4 is 11.6 Å². The van der Waals surface area contributed by atoms with Crippen LogP contribution in [0.25, 0.3) is 0 Å². The summed E-state index contributed by atoms with van der Waals surface area (Å²) in [5, 5.41) is 3.65. The Kier molecular flexibility index (Phi) is 4.83. The molecule has 3 heteroatoms. The molecule has 0 radical (unpaired) electrons. The minimum absolute atomic E-state index is 0.273. The predicted octanol–water partition coefficient (Wildman–Crippen LogP) is 3.10. The standard InChI is InChI=1S/C16H24N2O/c1-2-12-7-3-5-9-14(12)18-15-10-6-4-8-13(15)11-16(17)19/h4,6,8,10,12,14,18H,2-3,5,7,9,11H2,1H3,(H2,17,19). The Morgan fingerprint density at radius 1 is 1.32 bits per heavy atom. The van der Waals surface area contributed by atoms with Crippen LogP contribution >= 0.6 is 0 Å². The van der Waals surface area contributed by atoms with Crippen LogP contribution < -0.4 is 11.1 Å². The van der Waals surface area contributed by atoms with Gasteiger partial charge in [0.25, 0.3) is 0 Å². The van der Waals surface area contributed by atoms with Gasteiger partial charge in [0.1, 0.15) is 0 Å². The number of amides is 1. The third-order valence-corrected chi connectivity index (χ3v) is 4.16. The molecule has 1 amide bonds. The number of hydrogen-bond donors (Lipinski definition) is 2. The molecule has 3 nitrogen and oxygen atoms in total. The van der Waals surface area contributed by atoms with E-state index in [0.29, 0.717) is 12.5 Å². The minimum atomic E-state index is -0.273. The lowest BCUT2D eigenvalue weighted by molar-refractivity contribution is -0.117. The van der Waals surface area contributed by atoms with E-state index in [1.165, 1.54) is 32.1 Å². The van der Waals surface area contributed by atoms with Gasteiger partial charge in [0.05, 0.1) is 6.42 Å². The van der Waals surface area contributed by atoms with Gasteiger partial charge in [0, 0.05) is 11.7 Å². The van der Waals surface area contributed by atoms with Crippen LogP contribution in [0.5, 0.6) is 0 Å². The number of carbonyl (C=O) groups excluding carboxylic acids is 1. The molecule has 1 saturated carbocycles. The van der Waals surface area contributed by atoms with Crippen molar-refractivity contribution in [3.63, 3.8) is 0 Å². The molecule has 1 aromatic carbocycles. The first kappa shape index (κ1) is 13.9. The Labute approximate surface area is 115 Å². The van der Waals surface area contributed by atoms with E-state index in [9.17, 15) is 4.79 Å². The van der Waals surface area contributed by atoms with E-state index in [-0.39, 0.29) is 5.91 Å². The second kappa shape index (κ2) is 6.60. The van der Waals surface area contributed by atoms with Crippen LogP contribution in [-0.4, -0.2) is 11.9 Å². The predicted molar refractivity (Wildman–Crippen MR) is 79.0 cm³/mol. The number of primary amides is 1. The molecule has 1 fully saturated rings. The van der Waals surface area contributed by atoms with E-state index in [2.05, 4.69) is 18.3 Å². The first-order valence-electron chi connectivity index (χ1n) is 7.33. The number of nitrogens with one attached hydrogen (secondary N) is 1. The molecule has 2 atom stereocenters. The van der Waals surface area contributed by atoms with E-state index >= 15 is 0 Å². The number of anilines is 1. The summed E-state index contributed by atoms with van der Waals surface area (Å²) in [5.41, 5.74) is 7.40. The highest BCUT2D eigenvalue weighted by Crippen LogP contribution is 2.30. The van der Waals surface area contributed by atoms with Crippen LogP contribution in [0.2, 0.25) is 0 Å². The number of hydrogen-bond acceptors (Lipinski definition) is 2. The van der Waals surface area contributed by atoms with Crippen LogP contribution in [0.1, 0.15) is 44.6 Å². The van der Waals surface area contributed by atoms with Gasteiger partial charge in [-0.2, -0.15) is 0 Å². The quantitative estimate of drug-likeness (QED) is 0.854. The van der Waals surface area contributed by atoms with Gasteiger partial charge in [0.2, 0.25) is 5.91 Å². The van der Waals surface area contributed by atoms with Crippen LogP contribution in [0.3, 0.4) is 0 Å². The Hall–Kier alpha value is -1.51. The van der Waals surface area contributed by atoms with E-state index in [1.807, 2.05) is 18.2 Å². The molecule has 19 heavy (non-hydrogen) atoms. The van der Waals surface area contributed by atoms with Crippen molar-refractivity contribution in [2.45, 2.75) is 51.5 Å². The molecule has 0 saturated heterocycles. The smallest absolute Gasteiger partial charge is 0.221 e. The third kappa shape index (κ3) is 3.72. The highest BCUT2D eigenvalue weighted by atomic mass is 16.1. The van der Waals surface area contributed by atoms with Crippen molar-refractivity contribution in [1.82, 2.24) is 0 Å². The molecular formula is C16H24N2O. The summed E-state index contributed by atoms with van der Waals surface area (Å²) in [6.45, 7) is 2.26. The Bertz CT molecular complexity index is 431. The Balaban J connectivity index is 2.11. The first-order chi connectivity index (χ1) is 9.20. The highest BCUT2D eigenvalue weighted by molar-refractivity contribution is 5.78. The zero-order chi connectivity index (χ0) is 13.7. The van der Waals surface area contributed by atoms with Crippen LogP contribution in [-0.2, 0) is 11.2 Å². The molecule has 0 bridgehead atoms. The van der Waals surface area contributed by atoms with Gasteiger partial charge < -0.3 is 11.1 Å². The molecule has 0 heterocycles. The number of carbonyl (C=O) groups is 1. The maximum atomic E-state index is 11.1. The van der Waals surface area contributed by atoms with Crippen LogP contribution in [0.4, 0.5) is 5.69 Å². The van der Waals surface area contributed by atoms with E-state index in [4.69, 9.17) is 5.73 Å². The molecule has 0 aliphatic heterocycles. The lowest BCUT2D eigenvalue weighted by Gasteiger charge is -2.33. The summed E-state index contributed by atoms with van der Waals surface area (Å²) >= 11 is 0. The van der Waals surface area contributed by atoms with Gasteiger partial charge in [-0.1, -0.05) is 44.4 Å². The monoisotopic (exact) mass is 260 g/mol. The summed E-state index contributed by atoms with van der Waals surface area (Å²) in [4.78, 5) is 11.1. The fraction of sp³-hybridized carbons (Fsp3) is 0.562. The molecule has 104 valence electrons. The average Bonchev–Trinajstić information content (AvgIpc) is 2.41. The fourth-order valence-corrected chi connectivity index (χ4v) is 3.09. The van der Waals surface area contributed by atoms with Crippen molar-refractivity contribution in [1.29, 1.82) is 0 Å². The first-order valence-corrected chi connectivity index (χ1v) is 7.33. The summed E-state index contributed by atoms with van der Waals surface area (Å²) < 4.78 is 0. The molecule has 1 aliphatic rings. The third-order valence-electron chi connectivity index (χ3n) is 4.16. The SMILES string of the molecule is CCC1CCCCC1Nc1ccccc1CC(N)=O. The van der Waals surface area contributed by atoms with Crippen molar-refractivity contribution in [2.24, 2.45) is 11.7 Å². The van der Waals surface area contributed by atoms with Gasteiger partial charge >= 0.3 is 0 Å². The largest absolute Gasteiger partial charge is 0.382 e. The highest BCUT2D eigenvalue weighted by Gasteiger charge is 2.23. The summed E-state index contributed by atoms with van der Waals surface area (Å²) in [6, 6.07) is 8.54.